The highest BCUT2D eigenvalue weighted by Crippen LogP contribution is 2.28. The van der Waals surface area contributed by atoms with Gasteiger partial charge in [-0.25, -0.2) is 4.79 Å². The summed E-state index contributed by atoms with van der Waals surface area (Å²) in [4.78, 5) is 38.2. The van der Waals surface area contributed by atoms with Gasteiger partial charge in [-0.15, -0.1) is 0 Å². The Kier molecular flexibility index (Phi) is 4.88. The number of hydrogen-bond acceptors (Lipinski definition) is 4. The third-order valence-electron chi connectivity index (χ3n) is 4.76. The highest BCUT2D eigenvalue weighted by molar-refractivity contribution is 6.21. The standard InChI is InChI=1S/C19H21N3O4/c1-3-7-15-14(16(19(25)26)21-20-15)10-11(4-2)22-17(23)12-8-5-6-9-13(12)18(22)24/h5-6,8-9,11H,3-4,7,10H2,1-2H3,(H,20,21)(H,25,26). The van der Waals surface area contributed by atoms with Crippen molar-refractivity contribution in [2.45, 2.75) is 45.6 Å². The van der Waals surface area contributed by atoms with Crippen molar-refractivity contribution in [3.05, 3.63) is 52.3 Å². The van der Waals surface area contributed by atoms with Crippen molar-refractivity contribution in [3.8, 4) is 0 Å². The van der Waals surface area contributed by atoms with E-state index in [1.165, 1.54) is 4.90 Å². The highest BCUT2D eigenvalue weighted by atomic mass is 16.4. The molecule has 2 heterocycles. The Balaban J connectivity index is 1.95. The molecule has 2 amide bonds. The molecule has 1 aliphatic rings. The maximum atomic E-state index is 12.7. The van der Waals surface area contributed by atoms with Crippen molar-refractivity contribution < 1.29 is 19.5 Å². The topological polar surface area (TPSA) is 103 Å². The fourth-order valence-corrected chi connectivity index (χ4v) is 3.44. The molecule has 136 valence electrons. The van der Waals surface area contributed by atoms with E-state index in [1.54, 1.807) is 24.3 Å². The van der Waals surface area contributed by atoms with E-state index in [9.17, 15) is 19.5 Å². The van der Waals surface area contributed by atoms with E-state index >= 15 is 0 Å². The number of rotatable bonds is 7. The number of carbonyl (C=O) groups is 3. The molecule has 1 unspecified atom stereocenters. The van der Waals surface area contributed by atoms with Crippen molar-refractivity contribution in [3.63, 3.8) is 0 Å². The summed E-state index contributed by atoms with van der Waals surface area (Å²) in [6.07, 6.45) is 2.26. The number of nitrogens with one attached hydrogen (secondary N) is 1. The zero-order valence-electron chi connectivity index (χ0n) is 14.8. The maximum Gasteiger partial charge on any atom is 0.354 e. The first-order chi connectivity index (χ1) is 12.5. The summed E-state index contributed by atoms with van der Waals surface area (Å²) in [6.45, 7) is 3.87. The lowest BCUT2D eigenvalue weighted by Gasteiger charge is -2.25. The van der Waals surface area contributed by atoms with Gasteiger partial charge in [0.2, 0.25) is 0 Å². The van der Waals surface area contributed by atoms with Crippen LogP contribution < -0.4 is 0 Å². The number of amides is 2. The number of imide groups is 1. The number of aromatic nitrogens is 2. The summed E-state index contributed by atoms with van der Waals surface area (Å²) in [5, 5.41) is 16.1. The van der Waals surface area contributed by atoms with Gasteiger partial charge in [0.05, 0.1) is 16.8 Å². The molecule has 7 nitrogen and oxygen atoms in total. The minimum absolute atomic E-state index is 0.0310. The lowest BCUT2D eigenvalue weighted by molar-refractivity contribution is 0.0579. The van der Waals surface area contributed by atoms with Crippen LogP contribution in [0.25, 0.3) is 0 Å². The molecule has 1 aliphatic heterocycles. The number of aromatic amines is 1. The van der Waals surface area contributed by atoms with Crippen LogP contribution in [0.4, 0.5) is 0 Å². The molecule has 0 spiro atoms. The van der Waals surface area contributed by atoms with Crippen molar-refractivity contribution in [2.75, 3.05) is 0 Å². The first kappa shape index (κ1) is 17.8. The van der Waals surface area contributed by atoms with Gasteiger partial charge < -0.3 is 5.11 Å². The second kappa shape index (κ2) is 7.11. The third kappa shape index (κ3) is 2.89. The van der Waals surface area contributed by atoms with Gasteiger partial charge in [-0.05, 0) is 31.4 Å². The molecular formula is C19H21N3O4. The van der Waals surface area contributed by atoms with Crippen LogP contribution in [0.2, 0.25) is 0 Å². The molecule has 1 aromatic heterocycles. The minimum atomic E-state index is -1.09. The number of aromatic carboxylic acids is 1. The smallest absolute Gasteiger partial charge is 0.354 e. The van der Waals surface area contributed by atoms with Crippen molar-refractivity contribution in [1.82, 2.24) is 15.1 Å². The Morgan fingerprint density at radius 3 is 2.31 bits per heavy atom. The maximum absolute atomic E-state index is 12.7. The van der Waals surface area contributed by atoms with Crippen molar-refractivity contribution >= 4 is 17.8 Å². The van der Waals surface area contributed by atoms with Gasteiger partial charge in [0, 0.05) is 11.6 Å². The molecule has 1 aromatic carbocycles. The van der Waals surface area contributed by atoms with Gasteiger partial charge in [0.25, 0.3) is 11.8 Å². The number of aryl methyl sites for hydroxylation is 1. The fraction of sp³-hybridized carbons (Fsp3) is 0.368. The minimum Gasteiger partial charge on any atom is -0.477 e. The van der Waals surface area contributed by atoms with Crippen molar-refractivity contribution in [1.29, 1.82) is 0 Å². The van der Waals surface area contributed by atoms with Crippen LogP contribution in [-0.4, -0.2) is 44.0 Å². The van der Waals surface area contributed by atoms with Gasteiger partial charge in [-0.1, -0.05) is 32.4 Å². The summed E-state index contributed by atoms with van der Waals surface area (Å²) in [5.41, 5.74) is 2.08. The number of carboxylic acids is 1. The number of benzene rings is 1. The normalized spacial score (nSPS) is 14.6. The van der Waals surface area contributed by atoms with E-state index in [0.29, 0.717) is 35.2 Å². The summed E-state index contributed by atoms with van der Waals surface area (Å²) < 4.78 is 0. The summed E-state index contributed by atoms with van der Waals surface area (Å²) in [5.74, 6) is -1.74. The number of hydrogen-bond donors (Lipinski definition) is 2. The Bertz CT molecular complexity index is 836. The van der Waals surface area contributed by atoms with Crippen LogP contribution in [0.3, 0.4) is 0 Å². The van der Waals surface area contributed by atoms with Crippen molar-refractivity contribution in [2.24, 2.45) is 0 Å². The van der Waals surface area contributed by atoms with E-state index in [4.69, 9.17) is 0 Å². The molecule has 0 aliphatic carbocycles. The second-order valence-electron chi connectivity index (χ2n) is 6.37. The average molecular weight is 355 g/mol. The molecule has 0 bridgehead atoms. The number of fused-ring (bicyclic) bond motifs is 1. The molecule has 0 radical (unpaired) electrons. The van der Waals surface area contributed by atoms with Crippen LogP contribution in [0, 0.1) is 0 Å². The predicted octanol–water partition coefficient (Wildman–Crippen LogP) is 2.68. The Morgan fingerprint density at radius 2 is 1.81 bits per heavy atom. The number of carbonyl (C=O) groups excluding carboxylic acids is 2. The van der Waals surface area contributed by atoms with E-state index in [0.717, 1.165) is 6.42 Å². The molecular weight excluding hydrogens is 334 g/mol. The molecule has 26 heavy (non-hydrogen) atoms. The molecule has 3 rings (SSSR count). The fourth-order valence-electron chi connectivity index (χ4n) is 3.44. The monoisotopic (exact) mass is 355 g/mol. The molecule has 0 saturated carbocycles. The van der Waals surface area contributed by atoms with E-state index < -0.39 is 12.0 Å². The van der Waals surface area contributed by atoms with Crippen LogP contribution in [0.15, 0.2) is 24.3 Å². The quantitative estimate of drug-likeness (QED) is 0.743. The SMILES string of the molecule is CCCc1n[nH]c(C(=O)O)c1CC(CC)N1C(=O)c2ccccc2C1=O. The Labute approximate surface area is 151 Å². The van der Waals surface area contributed by atoms with Crippen LogP contribution in [0.1, 0.15) is 69.2 Å². The van der Waals surface area contributed by atoms with Crippen LogP contribution >= 0.6 is 0 Å². The number of nitrogens with zero attached hydrogens (tertiary/aromatic N) is 2. The lowest BCUT2D eigenvalue weighted by atomic mass is 9.98. The zero-order valence-corrected chi connectivity index (χ0v) is 14.8. The van der Waals surface area contributed by atoms with Gasteiger partial charge in [0.1, 0.15) is 5.69 Å². The molecule has 2 N–H and O–H groups in total. The van der Waals surface area contributed by atoms with E-state index in [1.807, 2.05) is 13.8 Å². The van der Waals surface area contributed by atoms with Gasteiger partial charge in [-0.3, -0.25) is 19.6 Å². The summed E-state index contributed by atoms with van der Waals surface area (Å²) in [7, 11) is 0. The molecule has 1 atom stereocenters. The zero-order chi connectivity index (χ0) is 18.8. The number of carboxylic acid groups (broad SMARTS) is 1. The van der Waals surface area contributed by atoms with Gasteiger partial charge >= 0.3 is 5.97 Å². The summed E-state index contributed by atoms with van der Waals surface area (Å²) >= 11 is 0. The van der Waals surface area contributed by atoms with Crippen LogP contribution in [-0.2, 0) is 12.8 Å². The molecule has 7 heteroatoms. The second-order valence-corrected chi connectivity index (χ2v) is 6.37. The Morgan fingerprint density at radius 1 is 1.19 bits per heavy atom. The summed E-state index contributed by atoms with van der Waals surface area (Å²) in [6, 6.07) is 6.32. The Hall–Kier alpha value is -2.96. The first-order valence-corrected chi connectivity index (χ1v) is 8.75. The lowest BCUT2D eigenvalue weighted by Crippen LogP contribution is -2.41. The van der Waals surface area contributed by atoms with Gasteiger partial charge in [0.15, 0.2) is 0 Å². The van der Waals surface area contributed by atoms with Gasteiger partial charge in [-0.2, -0.15) is 5.10 Å². The van der Waals surface area contributed by atoms with E-state index in [2.05, 4.69) is 10.2 Å². The molecule has 0 fully saturated rings. The molecule has 0 saturated heterocycles. The highest BCUT2D eigenvalue weighted by Gasteiger charge is 2.39. The number of H-pyrrole nitrogens is 1. The first-order valence-electron chi connectivity index (χ1n) is 8.75. The predicted molar refractivity (Wildman–Crippen MR) is 94.3 cm³/mol. The van der Waals surface area contributed by atoms with Crippen LogP contribution in [0.5, 0.6) is 0 Å². The third-order valence-corrected chi connectivity index (χ3v) is 4.76. The molecule has 2 aromatic rings. The van der Waals surface area contributed by atoms with E-state index in [-0.39, 0.29) is 23.9 Å². The average Bonchev–Trinajstić information content (AvgIpc) is 3.14. The largest absolute Gasteiger partial charge is 0.477 e.